The van der Waals surface area contributed by atoms with Crippen LogP contribution in [0.1, 0.15) is 38.4 Å². The van der Waals surface area contributed by atoms with Crippen LogP contribution in [-0.4, -0.2) is 32.2 Å². The molecule has 22 heavy (non-hydrogen) atoms. The van der Waals surface area contributed by atoms with E-state index in [9.17, 15) is 0 Å². The van der Waals surface area contributed by atoms with Gasteiger partial charge >= 0.3 is 0 Å². The van der Waals surface area contributed by atoms with Crippen LogP contribution in [-0.2, 0) is 4.74 Å². The maximum Gasteiger partial charge on any atom is 0.191 e. The van der Waals surface area contributed by atoms with Crippen LogP contribution >= 0.6 is 24.0 Å². The summed E-state index contributed by atoms with van der Waals surface area (Å²) in [5.41, 5.74) is 1.27. The molecule has 1 aromatic carbocycles. The largest absolute Gasteiger partial charge is 0.373 e. The first-order valence-corrected chi connectivity index (χ1v) is 7.88. The van der Waals surface area contributed by atoms with E-state index in [0.29, 0.717) is 12.0 Å². The topological polar surface area (TPSA) is 45.7 Å². The molecule has 3 unspecified atom stereocenters. The molecule has 0 radical (unpaired) electrons. The summed E-state index contributed by atoms with van der Waals surface area (Å²) in [6, 6.07) is 10.9. The highest BCUT2D eigenvalue weighted by molar-refractivity contribution is 14.0. The van der Waals surface area contributed by atoms with E-state index in [4.69, 9.17) is 4.74 Å². The summed E-state index contributed by atoms with van der Waals surface area (Å²) in [7, 11) is 1.82. The molecule has 0 aromatic heterocycles. The Morgan fingerprint density at radius 1 is 1.36 bits per heavy atom. The summed E-state index contributed by atoms with van der Waals surface area (Å²) in [5, 5.41) is 6.83. The summed E-state index contributed by atoms with van der Waals surface area (Å²) < 4.78 is 5.92. The molecule has 1 heterocycles. The molecule has 1 fully saturated rings. The fourth-order valence-corrected chi connectivity index (χ4v) is 2.61. The summed E-state index contributed by atoms with van der Waals surface area (Å²) in [6.45, 7) is 6.05. The number of hydrogen-bond acceptors (Lipinski definition) is 2. The van der Waals surface area contributed by atoms with E-state index in [1.165, 1.54) is 5.56 Å². The summed E-state index contributed by atoms with van der Waals surface area (Å²) in [6.07, 6.45) is 2.37. The van der Waals surface area contributed by atoms with Crippen molar-refractivity contribution in [1.82, 2.24) is 10.6 Å². The molecule has 124 valence electrons. The molecule has 0 amide bonds. The van der Waals surface area contributed by atoms with Crippen LogP contribution < -0.4 is 10.6 Å². The molecule has 0 bridgehead atoms. The van der Waals surface area contributed by atoms with Gasteiger partial charge in [-0.1, -0.05) is 37.3 Å². The van der Waals surface area contributed by atoms with Crippen LogP contribution in [0.2, 0.25) is 0 Å². The first-order chi connectivity index (χ1) is 10.2. The van der Waals surface area contributed by atoms with Crippen LogP contribution in [0.4, 0.5) is 0 Å². The predicted molar refractivity (Wildman–Crippen MR) is 103 cm³/mol. The van der Waals surface area contributed by atoms with Crippen molar-refractivity contribution >= 4 is 29.9 Å². The number of nitrogens with one attached hydrogen (secondary N) is 2. The molecule has 3 atom stereocenters. The lowest BCUT2D eigenvalue weighted by Crippen LogP contribution is -2.43. The fraction of sp³-hybridized carbons (Fsp3) is 0.588. The maximum absolute atomic E-state index is 5.92. The third-order valence-corrected chi connectivity index (χ3v) is 4.09. The maximum atomic E-state index is 5.92. The SMILES string of the molecule is CCC(C)NC(=NC)NCC1CCOC1c1ccccc1.I. The molecule has 1 aliphatic rings. The lowest BCUT2D eigenvalue weighted by Gasteiger charge is -2.22. The van der Waals surface area contributed by atoms with Gasteiger partial charge in [0.1, 0.15) is 0 Å². The summed E-state index contributed by atoms with van der Waals surface area (Å²) >= 11 is 0. The van der Waals surface area contributed by atoms with Crippen LogP contribution in [0.25, 0.3) is 0 Å². The van der Waals surface area contributed by atoms with Gasteiger partial charge in [0.2, 0.25) is 0 Å². The number of benzene rings is 1. The van der Waals surface area contributed by atoms with E-state index < -0.39 is 0 Å². The van der Waals surface area contributed by atoms with Gasteiger partial charge in [-0.3, -0.25) is 4.99 Å². The lowest BCUT2D eigenvalue weighted by molar-refractivity contribution is 0.0915. The Labute approximate surface area is 151 Å². The van der Waals surface area contributed by atoms with Crippen LogP contribution in [0.3, 0.4) is 0 Å². The second-order valence-electron chi connectivity index (χ2n) is 5.66. The highest BCUT2D eigenvalue weighted by Crippen LogP contribution is 2.33. The summed E-state index contributed by atoms with van der Waals surface area (Å²) in [5.74, 6) is 1.37. The average molecular weight is 417 g/mol. The van der Waals surface area contributed by atoms with Crippen molar-refractivity contribution in [2.75, 3.05) is 20.2 Å². The number of hydrogen-bond donors (Lipinski definition) is 2. The minimum Gasteiger partial charge on any atom is -0.373 e. The van der Waals surface area contributed by atoms with Crippen molar-refractivity contribution in [1.29, 1.82) is 0 Å². The minimum absolute atomic E-state index is 0. The van der Waals surface area contributed by atoms with Crippen molar-refractivity contribution in [3.8, 4) is 0 Å². The number of rotatable bonds is 5. The Balaban J connectivity index is 0.00000242. The second kappa shape index (κ2) is 10.0. The van der Waals surface area contributed by atoms with E-state index >= 15 is 0 Å². The van der Waals surface area contributed by atoms with Crippen molar-refractivity contribution in [2.45, 2.75) is 38.8 Å². The Kier molecular flexibility index (Phi) is 8.78. The van der Waals surface area contributed by atoms with Gasteiger partial charge in [0.15, 0.2) is 5.96 Å². The smallest absolute Gasteiger partial charge is 0.191 e. The molecule has 1 saturated heterocycles. The third-order valence-electron chi connectivity index (χ3n) is 4.09. The molecule has 1 aliphatic heterocycles. The van der Waals surface area contributed by atoms with Crippen LogP contribution in [0.5, 0.6) is 0 Å². The third kappa shape index (κ3) is 5.43. The van der Waals surface area contributed by atoms with E-state index in [1.807, 2.05) is 13.1 Å². The highest BCUT2D eigenvalue weighted by atomic mass is 127. The van der Waals surface area contributed by atoms with Gasteiger partial charge in [-0.05, 0) is 25.3 Å². The average Bonchev–Trinajstić information content (AvgIpc) is 3.00. The lowest BCUT2D eigenvalue weighted by atomic mass is 9.95. The van der Waals surface area contributed by atoms with Crippen molar-refractivity contribution in [2.24, 2.45) is 10.9 Å². The van der Waals surface area contributed by atoms with E-state index in [0.717, 1.165) is 32.0 Å². The first-order valence-electron chi connectivity index (χ1n) is 7.88. The Bertz CT molecular complexity index is 452. The van der Waals surface area contributed by atoms with Gasteiger partial charge in [0.05, 0.1) is 6.10 Å². The van der Waals surface area contributed by atoms with Gasteiger partial charge in [-0.2, -0.15) is 0 Å². The van der Waals surface area contributed by atoms with Gasteiger partial charge in [0, 0.05) is 32.2 Å². The second-order valence-corrected chi connectivity index (χ2v) is 5.66. The minimum atomic E-state index is 0. The summed E-state index contributed by atoms with van der Waals surface area (Å²) in [4.78, 5) is 4.29. The Hall–Kier alpha value is -0.820. The molecular formula is C17H28IN3O. The van der Waals surface area contributed by atoms with Crippen LogP contribution in [0.15, 0.2) is 35.3 Å². The molecule has 5 heteroatoms. The number of nitrogens with zero attached hydrogens (tertiary/aromatic N) is 1. The zero-order valence-corrected chi connectivity index (χ0v) is 16.0. The van der Waals surface area contributed by atoms with Gasteiger partial charge in [-0.25, -0.2) is 0 Å². The van der Waals surface area contributed by atoms with Gasteiger partial charge in [-0.15, -0.1) is 24.0 Å². The monoisotopic (exact) mass is 417 g/mol. The van der Waals surface area contributed by atoms with Crippen LogP contribution in [0, 0.1) is 5.92 Å². The Morgan fingerprint density at radius 3 is 2.73 bits per heavy atom. The molecule has 4 nitrogen and oxygen atoms in total. The van der Waals surface area contributed by atoms with Gasteiger partial charge in [0.25, 0.3) is 0 Å². The van der Waals surface area contributed by atoms with E-state index in [1.54, 1.807) is 0 Å². The van der Waals surface area contributed by atoms with Crippen molar-refractivity contribution in [3.05, 3.63) is 35.9 Å². The molecule has 0 aliphatic carbocycles. The number of halogens is 1. The molecule has 0 spiro atoms. The van der Waals surface area contributed by atoms with E-state index in [2.05, 4.69) is 53.7 Å². The zero-order valence-electron chi connectivity index (χ0n) is 13.7. The number of aliphatic imine (C=N–C) groups is 1. The van der Waals surface area contributed by atoms with Crippen molar-refractivity contribution in [3.63, 3.8) is 0 Å². The number of ether oxygens (including phenoxy) is 1. The van der Waals surface area contributed by atoms with Gasteiger partial charge < -0.3 is 15.4 Å². The molecular weight excluding hydrogens is 389 g/mol. The normalized spacial score (nSPS) is 22.8. The zero-order chi connectivity index (χ0) is 15.1. The fourth-order valence-electron chi connectivity index (χ4n) is 2.61. The number of guanidine groups is 1. The Morgan fingerprint density at radius 2 is 2.09 bits per heavy atom. The molecule has 2 N–H and O–H groups in total. The quantitative estimate of drug-likeness (QED) is 0.439. The first kappa shape index (κ1) is 19.2. The highest BCUT2D eigenvalue weighted by Gasteiger charge is 2.29. The van der Waals surface area contributed by atoms with Crippen molar-refractivity contribution < 1.29 is 4.74 Å². The molecule has 2 rings (SSSR count). The molecule has 1 aromatic rings. The van der Waals surface area contributed by atoms with E-state index in [-0.39, 0.29) is 30.1 Å². The predicted octanol–water partition coefficient (Wildman–Crippen LogP) is 3.35. The molecule has 0 saturated carbocycles. The standard InChI is InChI=1S/C17H27N3O.HI/c1-4-13(2)20-17(18-3)19-12-15-10-11-21-16(15)14-8-6-5-7-9-14;/h5-9,13,15-16H,4,10-12H2,1-3H3,(H2,18,19,20);1H.